The molecule has 0 atom stereocenters. The highest BCUT2D eigenvalue weighted by Gasteiger charge is 2.24. The van der Waals surface area contributed by atoms with Crippen molar-refractivity contribution in [3.63, 3.8) is 0 Å². The molecule has 7 heteroatoms. The maximum atomic E-state index is 12.0. The second-order valence-electron chi connectivity index (χ2n) is 5.04. The summed E-state index contributed by atoms with van der Waals surface area (Å²) in [4.78, 5) is 13.6. The van der Waals surface area contributed by atoms with Gasteiger partial charge in [-0.3, -0.25) is 0 Å². The number of ether oxygens (including phenoxy) is 1. The van der Waals surface area contributed by atoms with Crippen molar-refractivity contribution in [3.8, 4) is 0 Å². The Morgan fingerprint density at radius 2 is 1.86 bits per heavy atom. The zero-order valence-electron chi connectivity index (χ0n) is 12.1. The normalized spacial score (nSPS) is 17.3. The Morgan fingerprint density at radius 3 is 2.52 bits per heavy atom. The summed E-state index contributed by atoms with van der Waals surface area (Å²) in [6, 6.07) is 9.46. The maximum Gasteiger partial charge on any atom is 0.410 e. The molecule has 116 valence electrons. The minimum atomic E-state index is -3.20. The number of hydrogen-bond acceptors (Lipinski definition) is 4. The highest BCUT2D eigenvalue weighted by atomic mass is 32.2. The Balaban J connectivity index is 1.86. The topological polar surface area (TPSA) is 66.9 Å². The monoisotopic (exact) mass is 312 g/mol. The van der Waals surface area contributed by atoms with E-state index in [1.54, 1.807) is 4.90 Å². The van der Waals surface area contributed by atoms with Gasteiger partial charge in [0, 0.05) is 26.2 Å². The quantitative estimate of drug-likeness (QED) is 0.843. The summed E-state index contributed by atoms with van der Waals surface area (Å²) in [5.41, 5.74) is 0.929. The van der Waals surface area contributed by atoms with Crippen molar-refractivity contribution in [2.24, 2.45) is 0 Å². The van der Waals surface area contributed by atoms with E-state index in [4.69, 9.17) is 4.74 Å². The van der Waals surface area contributed by atoms with E-state index in [1.165, 1.54) is 10.6 Å². The van der Waals surface area contributed by atoms with Crippen molar-refractivity contribution in [2.75, 3.05) is 32.4 Å². The molecule has 2 rings (SSSR count). The fraction of sp³-hybridized carbons (Fsp3) is 0.500. The van der Waals surface area contributed by atoms with Crippen LogP contribution in [0.3, 0.4) is 0 Å². The molecule has 0 aromatic heterocycles. The lowest BCUT2D eigenvalue weighted by atomic mass is 10.2. The molecule has 0 aliphatic carbocycles. The molecule has 0 spiro atoms. The predicted octanol–water partition coefficient (Wildman–Crippen LogP) is 1.29. The zero-order chi connectivity index (χ0) is 15.3. The van der Waals surface area contributed by atoms with Crippen molar-refractivity contribution in [3.05, 3.63) is 35.9 Å². The fourth-order valence-corrected chi connectivity index (χ4v) is 3.09. The molecule has 0 bridgehead atoms. The fourth-order valence-electron chi connectivity index (χ4n) is 2.22. The average Bonchev–Trinajstić information content (AvgIpc) is 2.71. The third kappa shape index (κ3) is 4.71. The van der Waals surface area contributed by atoms with Gasteiger partial charge in [0.2, 0.25) is 10.0 Å². The Bertz CT molecular complexity index is 574. The molecule has 6 nitrogen and oxygen atoms in total. The zero-order valence-corrected chi connectivity index (χ0v) is 12.9. The first-order valence-electron chi connectivity index (χ1n) is 6.87. The molecule has 1 aliphatic rings. The second-order valence-corrected chi connectivity index (χ2v) is 7.03. The molecular weight excluding hydrogens is 292 g/mol. The minimum absolute atomic E-state index is 0.228. The van der Waals surface area contributed by atoms with Crippen LogP contribution >= 0.6 is 0 Å². The lowest BCUT2D eigenvalue weighted by molar-refractivity contribution is 0.0980. The van der Waals surface area contributed by atoms with Crippen LogP contribution in [0, 0.1) is 0 Å². The number of rotatable bonds is 3. The van der Waals surface area contributed by atoms with Crippen LogP contribution in [-0.4, -0.2) is 56.2 Å². The van der Waals surface area contributed by atoms with E-state index in [0.717, 1.165) is 5.56 Å². The van der Waals surface area contributed by atoms with Gasteiger partial charge in [-0.1, -0.05) is 30.3 Å². The average molecular weight is 312 g/mol. The predicted molar refractivity (Wildman–Crippen MR) is 79.2 cm³/mol. The smallest absolute Gasteiger partial charge is 0.410 e. The molecule has 1 fully saturated rings. The number of sulfonamides is 1. The molecule has 0 N–H and O–H groups in total. The Hall–Kier alpha value is -1.60. The molecule has 21 heavy (non-hydrogen) atoms. The largest absolute Gasteiger partial charge is 0.445 e. The highest BCUT2D eigenvalue weighted by Crippen LogP contribution is 2.09. The maximum absolute atomic E-state index is 12.0. The third-order valence-corrected chi connectivity index (χ3v) is 4.69. The van der Waals surface area contributed by atoms with E-state index in [1.807, 2.05) is 30.3 Å². The number of benzene rings is 1. The summed E-state index contributed by atoms with van der Waals surface area (Å²) in [5, 5.41) is 0. The van der Waals surface area contributed by atoms with Crippen molar-refractivity contribution in [1.82, 2.24) is 9.21 Å². The van der Waals surface area contributed by atoms with E-state index in [-0.39, 0.29) is 6.61 Å². The van der Waals surface area contributed by atoms with Crippen LogP contribution in [0.5, 0.6) is 0 Å². The van der Waals surface area contributed by atoms with Crippen molar-refractivity contribution < 1.29 is 17.9 Å². The summed E-state index contributed by atoms with van der Waals surface area (Å²) >= 11 is 0. The van der Waals surface area contributed by atoms with E-state index in [2.05, 4.69) is 0 Å². The van der Waals surface area contributed by atoms with Gasteiger partial charge in [0.05, 0.1) is 6.26 Å². The number of amides is 1. The standard InChI is InChI=1S/C14H20N2O4S/c1-21(18,19)16-9-5-8-15(10-11-16)14(17)20-12-13-6-3-2-4-7-13/h2-4,6-7H,5,8-12H2,1H3. The molecule has 1 saturated heterocycles. The molecule has 0 saturated carbocycles. The van der Waals surface area contributed by atoms with Crippen LogP contribution in [0.2, 0.25) is 0 Å². The van der Waals surface area contributed by atoms with E-state index in [0.29, 0.717) is 32.6 Å². The van der Waals surface area contributed by atoms with Crippen molar-refractivity contribution in [1.29, 1.82) is 0 Å². The highest BCUT2D eigenvalue weighted by molar-refractivity contribution is 7.88. The SMILES string of the molecule is CS(=O)(=O)N1CCCN(C(=O)OCc2ccccc2)CC1. The van der Waals surface area contributed by atoms with Gasteiger partial charge in [0.1, 0.15) is 6.61 Å². The van der Waals surface area contributed by atoms with Crippen LogP contribution < -0.4 is 0 Å². The van der Waals surface area contributed by atoms with E-state index in [9.17, 15) is 13.2 Å². The van der Waals surface area contributed by atoms with Gasteiger partial charge in [-0.15, -0.1) is 0 Å². The minimum Gasteiger partial charge on any atom is -0.445 e. The molecule has 1 heterocycles. The molecular formula is C14H20N2O4S. The number of carbonyl (C=O) groups is 1. The number of carbonyl (C=O) groups excluding carboxylic acids is 1. The van der Waals surface area contributed by atoms with Gasteiger partial charge in [0.15, 0.2) is 0 Å². The Morgan fingerprint density at radius 1 is 1.14 bits per heavy atom. The first kappa shape index (κ1) is 15.8. The summed E-state index contributed by atoms with van der Waals surface area (Å²) in [7, 11) is -3.20. The summed E-state index contributed by atoms with van der Waals surface area (Å²) in [5.74, 6) is 0. The van der Waals surface area contributed by atoms with Gasteiger partial charge in [-0.2, -0.15) is 0 Å². The molecule has 0 unspecified atom stereocenters. The van der Waals surface area contributed by atoms with Crippen LogP contribution in [0.25, 0.3) is 0 Å². The van der Waals surface area contributed by atoms with Crippen LogP contribution in [0.4, 0.5) is 4.79 Å². The van der Waals surface area contributed by atoms with Crippen LogP contribution in [0.15, 0.2) is 30.3 Å². The molecule has 1 amide bonds. The van der Waals surface area contributed by atoms with Gasteiger partial charge < -0.3 is 9.64 Å². The number of nitrogens with zero attached hydrogens (tertiary/aromatic N) is 2. The van der Waals surface area contributed by atoms with Gasteiger partial charge in [-0.25, -0.2) is 17.5 Å². The molecule has 1 aromatic rings. The van der Waals surface area contributed by atoms with Gasteiger partial charge in [0.25, 0.3) is 0 Å². The summed E-state index contributed by atoms with van der Waals surface area (Å²) in [6.45, 7) is 1.87. The third-order valence-electron chi connectivity index (χ3n) is 3.39. The van der Waals surface area contributed by atoms with Gasteiger partial charge in [-0.05, 0) is 12.0 Å². The summed E-state index contributed by atoms with van der Waals surface area (Å²) in [6.07, 6.45) is 1.42. The lowest BCUT2D eigenvalue weighted by Gasteiger charge is -2.20. The molecule has 1 aliphatic heterocycles. The first-order chi connectivity index (χ1) is 9.97. The Labute approximate surface area is 125 Å². The Kier molecular flexibility index (Phi) is 5.19. The molecule has 1 aromatic carbocycles. The second kappa shape index (κ2) is 6.91. The van der Waals surface area contributed by atoms with Gasteiger partial charge >= 0.3 is 6.09 Å². The van der Waals surface area contributed by atoms with Crippen LogP contribution in [0.1, 0.15) is 12.0 Å². The van der Waals surface area contributed by atoms with Crippen molar-refractivity contribution in [2.45, 2.75) is 13.0 Å². The van der Waals surface area contributed by atoms with Crippen LogP contribution in [-0.2, 0) is 21.4 Å². The first-order valence-corrected chi connectivity index (χ1v) is 8.72. The molecule has 0 radical (unpaired) electrons. The van der Waals surface area contributed by atoms with E-state index >= 15 is 0 Å². The van der Waals surface area contributed by atoms with Crippen molar-refractivity contribution >= 4 is 16.1 Å². The summed E-state index contributed by atoms with van der Waals surface area (Å²) < 4.78 is 29.7. The number of hydrogen-bond donors (Lipinski definition) is 0. The van der Waals surface area contributed by atoms with E-state index < -0.39 is 16.1 Å². The lowest BCUT2D eigenvalue weighted by Crippen LogP contribution is -2.37.